The van der Waals surface area contributed by atoms with Gasteiger partial charge in [0.1, 0.15) is 0 Å². The van der Waals surface area contributed by atoms with E-state index in [-0.39, 0.29) is 6.42 Å². The second-order valence-electron chi connectivity index (χ2n) is 5.52. The van der Waals surface area contributed by atoms with Crippen molar-refractivity contribution < 1.29 is 13.2 Å². The largest absolute Gasteiger partial charge is 0.396 e. The van der Waals surface area contributed by atoms with Crippen LogP contribution in [0.4, 0.5) is 13.2 Å². The van der Waals surface area contributed by atoms with Crippen molar-refractivity contribution in [1.29, 1.82) is 0 Å². The summed E-state index contributed by atoms with van der Waals surface area (Å²) in [6.45, 7) is 9.31. The molecule has 0 nitrogen and oxygen atoms in total. The van der Waals surface area contributed by atoms with Crippen molar-refractivity contribution >= 4 is 6.08 Å². The van der Waals surface area contributed by atoms with E-state index < -0.39 is 12.1 Å². The molecule has 0 radical (unpaired) electrons. The van der Waals surface area contributed by atoms with Crippen molar-refractivity contribution in [1.82, 2.24) is 0 Å². The van der Waals surface area contributed by atoms with Gasteiger partial charge in [-0.05, 0) is 49.0 Å². The predicted octanol–water partition coefficient (Wildman–Crippen LogP) is 5.25. The van der Waals surface area contributed by atoms with Crippen LogP contribution in [0.1, 0.15) is 36.1 Å². The summed E-state index contributed by atoms with van der Waals surface area (Å²) in [5.74, 6) is -1.43. The Kier molecular flexibility index (Phi) is 3.81. The SMILES string of the molecule is C=C(C)C1=Cc2cc(C)cc(CC)c2CC1C(F)(F)F. The van der Waals surface area contributed by atoms with Crippen molar-refractivity contribution in [2.24, 2.45) is 5.92 Å². The molecule has 0 saturated carbocycles. The lowest BCUT2D eigenvalue weighted by Crippen LogP contribution is -2.30. The molecule has 0 spiro atoms. The molecule has 0 saturated heterocycles. The van der Waals surface area contributed by atoms with E-state index in [1.807, 2.05) is 26.0 Å². The monoisotopic (exact) mass is 280 g/mol. The molecule has 0 amide bonds. The van der Waals surface area contributed by atoms with Gasteiger partial charge in [-0.25, -0.2) is 0 Å². The lowest BCUT2D eigenvalue weighted by atomic mass is 9.78. The molecule has 0 aliphatic heterocycles. The molecule has 1 atom stereocenters. The van der Waals surface area contributed by atoms with Crippen LogP contribution in [0, 0.1) is 12.8 Å². The third kappa shape index (κ3) is 2.67. The normalized spacial score (nSPS) is 18.5. The van der Waals surface area contributed by atoms with Gasteiger partial charge in [0.25, 0.3) is 0 Å². The average molecular weight is 280 g/mol. The molecule has 1 aromatic carbocycles. The first-order chi connectivity index (χ1) is 9.24. The molecule has 2 rings (SSSR count). The molecule has 0 heterocycles. The fraction of sp³-hybridized carbons (Fsp3) is 0.412. The third-order valence-electron chi connectivity index (χ3n) is 3.88. The topological polar surface area (TPSA) is 0 Å². The minimum Gasteiger partial charge on any atom is -0.170 e. The first kappa shape index (κ1) is 14.9. The van der Waals surface area contributed by atoms with Gasteiger partial charge in [-0.1, -0.05) is 42.8 Å². The Morgan fingerprint density at radius 2 is 2.00 bits per heavy atom. The van der Waals surface area contributed by atoms with Crippen molar-refractivity contribution in [2.75, 3.05) is 0 Å². The summed E-state index contributed by atoms with van der Waals surface area (Å²) in [5.41, 5.74) is 4.68. The molecule has 0 fully saturated rings. The number of hydrogen-bond acceptors (Lipinski definition) is 0. The fourth-order valence-corrected chi connectivity index (χ4v) is 2.91. The van der Waals surface area contributed by atoms with Gasteiger partial charge in [0, 0.05) is 0 Å². The predicted molar refractivity (Wildman–Crippen MR) is 76.6 cm³/mol. The molecule has 108 valence electrons. The number of alkyl halides is 3. The van der Waals surface area contributed by atoms with Crippen LogP contribution in [0.25, 0.3) is 6.08 Å². The number of rotatable bonds is 2. The van der Waals surface area contributed by atoms with Crippen LogP contribution in [0.3, 0.4) is 0 Å². The average Bonchev–Trinajstić information content (AvgIpc) is 2.34. The molecular formula is C17H19F3. The van der Waals surface area contributed by atoms with Crippen LogP contribution >= 0.6 is 0 Å². The van der Waals surface area contributed by atoms with Gasteiger partial charge in [-0.2, -0.15) is 13.2 Å². The molecule has 1 aliphatic carbocycles. The molecule has 0 N–H and O–H groups in total. The Labute approximate surface area is 118 Å². The van der Waals surface area contributed by atoms with E-state index in [4.69, 9.17) is 0 Å². The fourth-order valence-electron chi connectivity index (χ4n) is 2.91. The van der Waals surface area contributed by atoms with Crippen LogP contribution < -0.4 is 0 Å². The van der Waals surface area contributed by atoms with E-state index in [0.717, 1.165) is 28.7 Å². The van der Waals surface area contributed by atoms with Crippen LogP contribution in [0.2, 0.25) is 0 Å². The Morgan fingerprint density at radius 3 is 2.50 bits per heavy atom. The zero-order valence-corrected chi connectivity index (χ0v) is 12.1. The Bertz CT molecular complexity index is 577. The maximum atomic E-state index is 13.3. The number of halogens is 3. The van der Waals surface area contributed by atoms with E-state index in [9.17, 15) is 13.2 Å². The van der Waals surface area contributed by atoms with E-state index in [2.05, 4.69) is 6.58 Å². The van der Waals surface area contributed by atoms with Gasteiger partial charge < -0.3 is 0 Å². The maximum Gasteiger partial charge on any atom is 0.396 e. The highest BCUT2D eigenvalue weighted by Gasteiger charge is 2.44. The number of hydrogen-bond donors (Lipinski definition) is 0. The first-order valence-corrected chi connectivity index (χ1v) is 6.80. The lowest BCUT2D eigenvalue weighted by Gasteiger charge is -2.30. The van der Waals surface area contributed by atoms with Gasteiger partial charge in [0.2, 0.25) is 0 Å². The van der Waals surface area contributed by atoms with Crippen LogP contribution in [-0.4, -0.2) is 6.18 Å². The number of aryl methyl sites for hydroxylation is 2. The van der Waals surface area contributed by atoms with Crippen molar-refractivity contribution in [3.8, 4) is 0 Å². The van der Waals surface area contributed by atoms with E-state index in [1.165, 1.54) is 0 Å². The lowest BCUT2D eigenvalue weighted by molar-refractivity contribution is -0.163. The second-order valence-corrected chi connectivity index (χ2v) is 5.52. The van der Waals surface area contributed by atoms with Gasteiger partial charge in [-0.3, -0.25) is 0 Å². The van der Waals surface area contributed by atoms with Crippen LogP contribution in [0.15, 0.2) is 29.9 Å². The van der Waals surface area contributed by atoms with Crippen LogP contribution in [0.5, 0.6) is 0 Å². The van der Waals surface area contributed by atoms with Gasteiger partial charge in [0.15, 0.2) is 0 Å². The standard InChI is InChI=1S/C17H19F3/c1-5-12-6-11(4)7-13-8-14(10(2)3)16(9-15(12)13)17(18,19)20/h6-8,16H,2,5,9H2,1,3-4H3. The number of allylic oxidation sites excluding steroid dienone is 2. The molecule has 1 aromatic rings. The highest BCUT2D eigenvalue weighted by Crippen LogP contribution is 2.42. The molecule has 0 bridgehead atoms. The van der Waals surface area contributed by atoms with E-state index in [1.54, 1.807) is 13.0 Å². The Balaban J connectivity index is 2.62. The molecule has 1 aliphatic rings. The summed E-state index contributed by atoms with van der Waals surface area (Å²) in [6, 6.07) is 3.95. The quantitative estimate of drug-likeness (QED) is 0.694. The second kappa shape index (κ2) is 5.12. The molecule has 1 unspecified atom stereocenters. The van der Waals surface area contributed by atoms with Crippen molar-refractivity contribution in [3.05, 3.63) is 52.1 Å². The minimum atomic E-state index is -4.22. The summed E-state index contributed by atoms with van der Waals surface area (Å²) in [6.07, 6.45) is -1.77. The summed E-state index contributed by atoms with van der Waals surface area (Å²) < 4.78 is 39.8. The zero-order valence-electron chi connectivity index (χ0n) is 12.1. The van der Waals surface area contributed by atoms with Gasteiger partial charge in [-0.15, -0.1) is 0 Å². The molecule has 0 aromatic heterocycles. The highest BCUT2D eigenvalue weighted by molar-refractivity contribution is 5.67. The summed E-state index contributed by atoms with van der Waals surface area (Å²) in [5, 5.41) is 0. The van der Waals surface area contributed by atoms with Crippen LogP contribution in [-0.2, 0) is 12.8 Å². The summed E-state index contributed by atoms with van der Waals surface area (Å²) in [7, 11) is 0. The number of benzene rings is 1. The van der Waals surface area contributed by atoms with Gasteiger partial charge in [0.05, 0.1) is 5.92 Å². The number of fused-ring (bicyclic) bond motifs is 1. The molecular weight excluding hydrogens is 261 g/mol. The molecule has 3 heteroatoms. The summed E-state index contributed by atoms with van der Waals surface area (Å²) >= 11 is 0. The van der Waals surface area contributed by atoms with Gasteiger partial charge >= 0.3 is 6.18 Å². The van der Waals surface area contributed by atoms with E-state index in [0.29, 0.717) is 11.1 Å². The zero-order chi connectivity index (χ0) is 15.1. The summed E-state index contributed by atoms with van der Waals surface area (Å²) in [4.78, 5) is 0. The van der Waals surface area contributed by atoms with Crippen molar-refractivity contribution in [3.63, 3.8) is 0 Å². The maximum absolute atomic E-state index is 13.3. The minimum absolute atomic E-state index is 0.0288. The highest BCUT2D eigenvalue weighted by atomic mass is 19.4. The van der Waals surface area contributed by atoms with E-state index >= 15 is 0 Å². The molecule has 20 heavy (non-hydrogen) atoms. The Hall–Kier alpha value is -1.51. The van der Waals surface area contributed by atoms with Crippen molar-refractivity contribution in [2.45, 2.75) is 39.8 Å². The third-order valence-corrected chi connectivity index (χ3v) is 3.88. The smallest absolute Gasteiger partial charge is 0.170 e. The first-order valence-electron chi connectivity index (χ1n) is 6.80. The Morgan fingerprint density at radius 1 is 1.35 bits per heavy atom.